The Kier molecular flexibility index (Phi) is 5.42. The van der Waals surface area contributed by atoms with Gasteiger partial charge >= 0.3 is 0 Å². The zero-order chi connectivity index (χ0) is 7.28. The van der Waals surface area contributed by atoms with Crippen LogP contribution in [0.5, 0.6) is 0 Å². The molecule has 0 atom stereocenters. The predicted octanol–water partition coefficient (Wildman–Crippen LogP) is 1.94. The van der Waals surface area contributed by atoms with Crippen LogP contribution in [-0.2, 0) is 9.47 Å². The number of ether oxygens (including phenoxy) is 2. The van der Waals surface area contributed by atoms with E-state index < -0.39 is 0 Å². The summed E-state index contributed by atoms with van der Waals surface area (Å²) in [5.74, 6) is 0. The van der Waals surface area contributed by atoms with Crippen molar-refractivity contribution >= 4 is 22.6 Å². The summed E-state index contributed by atoms with van der Waals surface area (Å²) in [6.07, 6.45) is -0.179. The van der Waals surface area contributed by atoms with Crippen molar-refractivity contribution in [2.45, 2.75) is 13.2 Å². The van der Waals surface area contributed by atoms with Gasteiger partial charge in [-0.2, -0.15) is 0 Å². The first kappa shape index (κ1) is 9.39. The molecule has 0 rings (SSSR count). The van der Waals surface area contributed by atoms with E-state index in [0.717, 1.165) is 5.57 Å². The van der Waals surface area contributed by atoms with Crippen LogP contribution in [0.1, 0.15) is 6.92 Å². The largest absolute Gasteiger partial charge is 0.352 e. The molecular weight excluding hydrogens is 231 g/mol. The van der Waals surface area contributed by atoms with Gasteiger partial charge in [-0.15, -0.1) is 0 Å². The lowest BCUT2D eigenvalue weighted by molar-refractivity contribution is -0.0744. The molecule has 0 N–H and O–H groups in total. The average Bonchev–Trinajstić information content (AvgIpc) is 1.90. The van der Waals surface area contributed by atoms with E-state index in [-0.39, 0.29) is 6.29 Å². The molecule has 0 aromatic heterocycles. The van der Waals surface area contributed by atoms with Crippen LogP contribution >= 0.6 is 22.6 Å². The van der Waals surface area contributed by atoms with E-state index in [0.29, 0.717) is 0 Å². The molecule has 0 aromatic rings. The van der Waals surface area contributed by atoms with Gasteiger partial charge in [-0.05, 0) is 16.6 Å². The fourth-order valence-electron chi connectivity index (χ4n) is 0.519. The molecule has 0 unspecified atom stereocenters. The standard InChI is InChI=1S/C6H11IO2/c1-5(4-7)6(8-2)9-3/h4,6H,1-3H3/b5-4+. The van der Waals surface area contributed by atoms with Crippen molar-refractivity contribution in [3.8, 4) is 0 Å². The molecule has 0 heterocycles. The third kappa shape index (κ3) is 3.17. The highest BCUT2D eigenvalue weighted by Crippen LogP contribution is 2.07. The molecule has 0 saturated heterocycles. The monoisotopic (exact) mass is 242 g/mol. The van der Waals surface area contributed by atoms with E-state index in [9.17, 15) is 0 Å². The van der Waals surface area contributed by atoms with Gasteiger partial charge in [0, 0.05) is 14.2 Å². The van der Waals surface area contributed by atoms with Crippen LogP contribution in [0.15, 0.2) is 9.66 Å². The number of methoxy groups -OCH3 is 2. The molecule has 0 aliphatic carbocycles. The molecule has 3 heteroatoms. The van der Waals surface area contributed by atoms with Gasteiger partial charge in [0.2, 0.25) is 0 Å². The Hall–Kier alpha value is 0.390. The first-order chi connectivity index (χ1) is 4.26. The number of halogens is 1. The lowest BCUT2D eigenvalue weighted by atomic mass is 10.3. The van der Waals surface area contributed by atoms with Crippen molar-refractivity contribution in [3.63, 3.8) is 0 Å². The van der Waals surface area contributed by atoms with Crippen LogP contribution in [0.3, 0.4) is 0 Å². The zero-order valence-electron chi connectivity index (χ0n) is 5.85. The molecule has 54 valence electrons. The second-order valence-corrected chi connectivity index (χ2v) is 2.28. The van der Waals surface area contributed by atoms with E-state index >= 15 is 0 Å². The Bertz CT molecular complexity index is 97.2. The quantitative estimate of drug-likeness (QED) is 0.556. The molecule has 0 aliphatic rings. The summed E-state index contributed by atoms with van der Waals surface area (Å²) in [6, 6.07) is 0. The van der Waals surface area contributed by atoms with Crippen LogP contribution in [0.2, 0.25) is 0 Å². The van der Waals surface area contributed by atoms with E-state index in [2.05, 4.69) is 22.6 Å². The minimum absolute atomic E-state index is 0.179. The van der Waals surface area contributed by atoms with Gasteiger partial charge in [0.1, 0.15) is 0 Å². The highest BCUT2D eigenvalue weighted by molar-refractivity contribution is 14.1. The summed E-state index contributed by atoms with van der Waals surface area (Å²) in [6.45, 7) is 1.96. The minimum atomic E-state index is -0.179. The molecule has 0 aromatic carbocycles. The van der Waals surface area contributed by atoms with Crippen molar-refractivity contribution in [2.24, 2.45) is 0 Å². The maximum Gasteiger partial charge on any atom is 0.179 e. The summed E-state index contributed by atoms with van der Waals surface area (Å²) in [5, 5.41) is 0. The van der Waals surface area contributed by atoms with Crippen LogP contribution in [0, 0.1) is 0 Å². The summed E-state index contributed by atoms with van der Waals surface area (Å²) < 4.78 is 11.9. The Morgan fingerprint density at radius 1 is 1.44 bits per heavy atom. The highest BCUT2D eigenvalue weighted by atomic mass is 127. The van der Waals surface area contributed by atoms with Crippen molar-refractivity contribution in [3.05, 3.63) is 9.66 Å². The third-order valence-corrected chi connectivity index (χ3v) is 1.95. The lowest BCUT2D eigenvalue weighted by Crippen LogP contribution is -2.13. The molecule has 0 bridgehead atoms. The van der Waals surface area contributed by atoms with E-state index in [1.165, 1.54) is 0 Å². The number of hydrogen-bond donors (Lipinski definition) is 0. The SMILES string of the molecule is COC(OC)/C(C)=C/I. The average molecular weight is 242 g/mol. The van der Waals surface area contributed by atoms with Crippen LogP contribution in [0.4, 0.5) is 0 Å². The van der Waals surface area contributed by atoms with Gasteiger partial charge < -0.3 is 9.47 Å². The number of rotatable bonds is 3. The summed E-state index contributed by atoms with van der Waals surface area (Å²) in [4.78, 5) is 0. The normalized spacial score (nSPS) is 12.8. The fourth-order valence-corrected chi connectivity index (χ4v) is 0.813. The van der Waals surface area contributed by atoms with Crippen LogP contribution in [-0.4, -0.2) is 20.5 Å². The lowest BCUT2D eigenvalue weighted by Gasteiger charge is -2.12. The Morgan fingerprint density at radius 3 is 2.00 bits per heavy atom. The molecule has 0 amide bonds. The second-order valence-electron chi connectivity index (χ2n) is 1.66. The van der Waals surface area contributed by atoms with Gasteiger partial charge in [0.05, 0.1) is 0 Å². The molecule has 0 radical (unpaired) electrons. The van der Waals surface area contributed by atoms with E-state index in [1.807, 2.05) is 11.0 Å². The Labute approximate surface area is 69.4 Å². The van der Waals surface area contributed by atoms with Crippen LogP contribution < -0.4 is 0 Å². The van der Waals surface area contributed by atoms with Crippen molar-refractivity contribution in [2.75, 3.05) is 14.2 Å². The summed E-state index contributed by atoms with van der Waals surface area (Å²) >= 11 is 2.15. The van der Waals surface area contributed by atoms with Gasteiger partial charge in [0.25, 0.3) is 0 Å². The van der Waals surface area contributed by atoms with Crippen molar-refractivity contribution in [1.82, 2.24) is 0 Å². The smallest absolute Gasteiger partial charge is 0.179 e. The highest BCUT2D eigenvalue weighted by Gasteiger charge is 2.04. The maximum atomic E-state index is 4.96. The number of hydrogen-bond acceptors (Lipinski definition) is 2. The van der Waals surface area contributed by atoms with E-state index in [4.69, 9.17) is 9.47 Å². The first-order valence-electron chi connectivity index (χ1n) is 2.58. The molecule has 0 saturated carbocycles. The van der Waals surface area contributed by atoms with Gasteiger partial charge in [-0.1, -0.05) is 22.6 Å². The van der Waals surface area contributed by atoms with Crippen LogP contribution in [0.25, 0.3) is 0 Å². The fraction of sp³-hybridized carbons (Fsp3) is 0.667. The molecule has 0 fully saturated rings. The van der Waals surface area contributed by atoms with Crippen molar-refractivity contribution in [1.29, 1.82) is 0 Å². The zero-order valence-corrected chi connectivity index (χ0v) is 8.01. The second kappa shape index (κ2) is 5.20. The molecular formula is C6H11IO2. The van der Waals surface area contributed by atoms with Crippen molar-refractivity contribution < 1.29 is 9.47 Å². The predicted molar refractivity (Wildman–Crippen MR) is 45.6 cm³/mol. The van der Waals surface area contributed by atoms with Gasteiger partial charge in [-0.25, -0.2) is 0 Å². The van der Waals surface area contributed by atoms with Gasteiger partial charge in [0.15, 0.2) is 6.29 Å². The minimum Gasteiger partial charge on any atom is -0.352 e. The molecule has 2 nitrogen and oxygen atoms in total. The molecule has 0 spiro atoms. The molecule has 0 aliphatic heterocycles. The van der Waals surface area contributed by atoms with E-state index in [1.54, 1.807) is 14.2 Å². The molecule has 9 heavy (non-hydrogen) atoms. The topological polar surface area (TPSA) is 18.5 Å². The summed E-state index contributed by atoms with van der Waals surface area (Å²) in [5.41, 5.74) is 1.08. The first-order valence-corrected chi connectivity index (χ1v) is 3.83. The summed E-state index contributed by atoms with van der Waals surface area (Å²) in [7, 11) is 3.25. The van der Waals surface area contributed by atoms with Gasteiger partial charge in [-0.3, -0.25) is 0 Å². The Balaban J connectivity index is 3.79. The third-order valence-electron chi connectivity index (χ3n) is 0.972. The maximum absolute atomic E-state index is 4.96. The Morgan fingerprint density at radius 2 is 1.89 bits per heavy atom.